The standard InChI is InChI=1S/C21H28N2O6S2Si/c1-12(29-32(5,6)21(2,3)4)15-17(24)22-16(20(30)31-18(15)22)19(25)28-11-13-7-9-14(10-8-13)23(26)27/h7-10,12,15-16,18H,11H2,1-6H3/t12?,15?,16?,18-/m1/s1. The van der Waals surface area contributed by atoms with Crippen molar-refractivity contribution in [2.45, 2.75) is 70.0 Å². The minimum absolute atomic E-state index is 0.0239. The molecule has 1 aromatic carbocycles. The molecule has 0 aliphatic carbocycles. The number of ether oxygens (including phenoxy) is 1. The molecule has 2 saturated heterocycles. The van der Waals surface area contributed by atoms with Crippen LogP contribution in [-0.2, 0) is 25.4 Å². The highest BCUT2D eigenvalue weighted by atomic mass is 32.2. The summed E-state index contributed by atoms with van der Waals surface area (Å²) in [6.07, 6.45) is -0.269. The highest BCUT2D eigenvalue weighted by Gasteiger charge is 2.61. The predicted molar refractivity (Wildman–Crippen MR) is 129 cm³/mol. The number of hydrogen-bond acceptors (Lipinski definition) is 8. The second kappa shape index (κ2) is 8.84. The van der Waals surface area contributed by atoms with Crippen molar-refractivity contribution in [3.8, 4) is 0 Å². The number of β-lactam (4-membered cyclic amide) rings is 1. The van der Waals surface area contributed by atoms with Crippen molar-refractivity contribution in [2.75, 3.05) is 0 Å². The molecule has 1 amide bonds. The Bertz CT molecular complexity index is 947. The Morgan fingerprint density at radius 3 is 2.44 bits per heavy atom. The first-order valence-corrected chi connectivity index (χ1v) is 14.5. The van der Waals surface area contributed by atoms with Crippen LogP contribution in [-0.4, -0.2) is 51.7 Å². The maximum atomic E-state index is 13.0. The summed E-state index contributed by atoms with van der Waals surface area (Å²) in [5.41, 5.74) is 0.573. The molecule has 0 spiro atoms. The Kier molecular flexibility index (Phi) is 6.86. The van der Waals surface area contributed by atoms with E-state index in [1.54, 1.807) is 0 Å². The molecule has 0 radical (unpaired) electrons. The van der Waals surface area contributed by atoms with Crippen LogP contribution in [0, 0.1) is 16.0 Å². The maximum Gasteiger partial charge on any atom is 0.335 e. The average molecular weight is 497 g/mol. The van der Waals surface area contributed by atoms with Crippen molar-refractivity contribution in [3.05, 3.63) is 39.9 Å². The number of esters is 1. The number of thiocarbonyl (C=S) groups is 1. The molecule has 0 N–H and O–H groups in total. The van der Waals surface area contributed by atoms with Crippen LogP contribution < -0.4 is 0 Å². The van der Waals surface area contributed by atoms with Gasteiger partial charge in [-0.1, -0.05) is 44.8 Å². The normalized spacial score (nSPS) is 24.1. The third kappa shape index (κ3) is 4.61. The molecular formula is C21H28N2O6S2Si. The largest absolute Gasteiger partial charge is 0.459 e. The van der Waals surface area contributed by atoms with Gasteiger partial charge in [-0.05, 0) is 42.8 Å². The molecule has 2 aliphatic heterocycles. The number of nitro benzene ring substituents is 1. The smallest absolute Gasteiger partial charge is 0.335 e. The summed E-state index contributed by atoms with van der Waals surface area (Å²) in [5, 5.41) is 10.5. The Morgan fingerprint density at radius 2 is 1.91 bits per heavy atom. The fraction of sp³-hybridized carbons (Fsp3) is 0.571. The van der Waals surface area contributed by atoms with E-state index in [2.05, 4.69) is 33.9 Å². The number of carbonyl (C=O) groups excluding carboxylic acids is 2. The monoisotopic (exact) mass is 496 g/mol. The number of amides is 1. The lowest BCUT2D eigenvalue weighted by atomic mass is 9.91. The Hall–Kier alpha value is -1.82. The molecule has 174 valence electrons. The van der Waals surface area contributed by atoms with Crippen LogP contribution in [0.15, 0.2) is 24.3 Å². The van der Waals surface area contributed by atoms with Gasteiger partial charge >= 0.3 is 5.97 Å². The minimum atomic E-state index is -2.05. The van der Waals surface area contributed by atoms with E-state index in [9.17, 15) is 19.7 Å². The number of carbonyl (C=O) groups is 2. The number of benzene rings is 1. The molecular weight excluding hydrogens is 468 g/mol. The van der Waals surface area contributed by atoms with Crippen molar-refractivity contribution in [1.82, 2.24) is 4.90 Å². The Morgan fingerprint density at radius 1 is 1.31 bits per heavy atom. The van der Waals surface area contributed by atoms with Crippen LogP contribution in [0.2, 0.25) is 18.1 Å². The molecule has 11 heteroatoms. The average Bonchev–Trinajstić information content (AvgIpc) is 2.97. The number of nitrogens with zero attached hydrogens (tertiary/aromatic N) is 2. The van der Waals surface area contributed by atoms with E-state index in [0.29, 0.717) is 9.76 Å². The molecule has 0 saturated carbocycles. The lowest BCUT2D eigenvalue weighted by Crippen LogP contribution is -2.65. The van der Waals surface area contributed by atoms with Gasteiger partial charge in [0.25, 0.3) is 5.69 Å². The quantitative estimate of drug-likeness (QED) is 0.138. The maximum absolute atomic E-state index is 13.0. The van der Waals surface area contributed by atoms with Gasteiger partial charge in [0, 0.05) is 12.1 Å². The first-order chi connectivity index (χ1) is 14.7. The van der Waals surface area contributed by atoms with E-state index in [1.807, 2.05) is 6.92 Å². The zero-order chi connectivity index (χ0) is 24.0. The second-order valence-corrected chi connectivity index (χ2v) is 16.2. The van der Waals surface area contributed by atoms with E-state index < -0.39 is 25.3 Å². The highest BCUT2D eigenvalue weighted by molar-refractivity contribution is 8.24. The van der Waals surface area contributed by atoms with Crippen molar-refractivity contribution in [2.24, 2.45) is 5.92 Å². The van der Waals surface area contributed by atoms with Gasteiger partial charge in [0.2, 0.25) is 5.91 Å². The summed E-state index contributed by atoms with van der Waals surface area (Å²) in [5.74, 6) is -1.08. The summed E-state index contributed by atoms with van der Waals surface area (Å²) in [6.45, 7) is 12.6. The van der Waals surface area contributed by atoms with Gasteiger partial charge < -0.3 is 14.1 Å². The topological polar surface area (TPSA) is 99.0 Å². The second-order valence-electron chi connectivity index (χ2n) is 9.62. The summed E-state index contributed by atoms with van der Waals surface area (Å²) in [6, 6.07) is 4.86. The minimum Gasteiger partial charge on any atom is -0.459 e. The summed E-state index contributed by atoms with van der Waals surface area (Å²) in [4.78, 5) is 37.5. The van der Waals surface area contributed by atoms with E-state index in [1.165, 1.54) is 40.9 Å². The molecule has 2 fully saturated rings. The van der Waals surface area contributed by atoms with Gasteiger partial charge in [0.05, 0.1) is 26.5 Å². The van der Waals surface area contributed by atoms with Crippen LogP contribution in [0.3, 0.4) is 0 Å². The molecule has 0 bridgehead atoms. The molecule has 3 rings (SSSR count). The number of fused-ring (bicyclic) bond motifs is 1. The summed E-state index contributed by atoms with van der Waals surface area (Å²) in [7, 11) is -2.05. The lowest BCUT2D eigenvalue weighted by Gasteiger charge is -2.48. The van der Waals surface area contributed by atoms with Crippen LogP contribution in [0.25, 0.3) is 0 Å². The van der Waals surface area contributed by atoms with Crippen LogP contribution >= 0.6 is 24.0 Å². The molecule has 1 aromatic rings. The van der Waals surface area contributed by atoms with E-state index in [0.717, 1.165) is 0 Å². The highest BCUT2D eigenvalue weighted by Crippen LogP contribution is 2.48. The number of rotatable bonds is 7. The third-order valence-electron chi connectivity index (χ3n) is 6.40. The lowest BCUT2D eigenvalue weighted by molar-refractivity contribution is -0.384. The molecule has 32 heavy (non-hydrogen) atoms. The molecule has 4 atom stereocenters. The predicted octanol–water partition coefficient (Wildman–Crippen LogP) is 4.28. The van der Waals surface area contributed by atoms with Crippen molar-refractivity contribution >= 4 is 54.1 Å². The SMILES string of the molecule is CC(O[Si](C)(C)C(C)(C)C)C1C(=O)N2C(C(=O)OCc3ccc([N+](=O)[O-])cc3)C(=S)S[C@H]12. The fourth-order valence-corrected chi connectivity index (χ4v) is 6.85. The van der Waals surface area contributed by atoms with Gasteiger partial charge in [-0.15, -0.1) is 0 Å². The van der Waals surface area contributed by atoms with E-state index in [-0.39, 0.29) is 40.6 Å². The van der Waals surface area contributed by atoms with Gasteiger partial charge in [0.1, 0.15) is 6.61 Å². The molecule has 2 heterocycles. The van der Waals surface area contributed by atoms with E-state index >= 15 is 0 Å². The number of non-ortho nitro benzene ring substituents is 1. The van der Waals surface area contributed by atoms with Crippen LogP contribution in [0.4, 0.5) is 5.69 Å². The first-order valence-electron chi connectivity index (χ1n) is 10.3. The van der Waals surface area contributed by atoms with Crippen LogP contribution in [0.5, 0.6) is 0 Å². The van der Waals surface area contributed by atoms with Crippen molar-refractivity contribution in [3.63, 3.8) is 0 Å². The third-order valence-corrected chi connectivity index (χ3v) is 12.7. The van der Waals surface area contributed by atoms with Gasteiger partial charge in [-0.2, -0.15) is 0 Å². The number of nitro groups is 1. The fourth-order valence-electron chi connectivity index (χ4n) is 3.52. The first kappa shape index (κ1) is 24.8. The molecule has 2 aliphatic rings. The van der Waals surface area contributed by atoms with Gasteiger partial charge in [0.15, 0.2) is 14.4 Å². The Balaban J connectivity index is 1.62. The zero-order valence-corrected chi connectivity index (χ0v) is 21.6. The number of hydrogen-bond donors (Lipinski definition) is 0. The molecule has 8 nitrogen and oxygen atoms in total. The van der Waals surface area contributed by atoms with Crippen molar-refractivity contribution in [1.29, 1.82) is 0 Å². The Labute approximate surface area is 198 Å². The molecule has 3 unspecified atom stereocenters. The van der Waals surface area contributed by atoms with Gasteiger partial charge in [-0.25, -0.2) is 4.79 Å². The van der Waals surface area contributed by atoms with Crippen LogP contribution in [0.1, 0.15) is 33.3 Å². The number of thioether (sulfide) groups is 1. The summed E-state index contributed by atoms with van der Waals surface area (Å²) >= 11 is 6.76. The van der Waals surface area contributed by atoms with Gasteiger partial charge in [-0.3, -0.25) is 14.9 Å². The summed E-state index contributed by atoms with van der Waals surface area (Å²) < 4.78 is 12.2. The van der Waals surface area contributed by atoms with Crippen molar-refractivity contribution < 1.29 is 23.7 Å². The molecule has 0 aromatic heterocycles. The van der Waals surface area contributed by atoms with E-state index in [4.69, 9.17) is 21.4 Å². The zero-order valence-electron chi connectivity index (χ0n) is 19.0.